The van der Waals surface area contributed by atoms with Crippen molar-refractivity contribution in [3.05, 3.63) is 0 Å². The molecule has 0 spiro atoms. The van der Waals surface area contributed by atoms with Gasteiger partial charge in [0, 0.05) is 6.54 Å². The van der Waals surface area contributed by atoms with Crippen LogP contribution in [0.5, 0.6) is 0 Å². The quantitative estimate of drug-likeness (QED) is 0.634. The molecule has 0 rings (SSSR count). The number of ether oxygens (including phenoxy) is 1. The summed E-state index contributed by atoms with van der Waals surface area (Å²) in [6.07, 6.45) is 0.702. The van der Waals surface area contributed by atoms with Gasteiger partial charge in [0.15, 0.2) is 0 Å². The summed E-state index contributed by atoms with van der Waals surface area (Å²) >= 11 is 0. The first-order chi connectivity index (χ1) is 9.37. The fraction of sp³-hybridized carbons (Fsp3) is 0.769. The first-order valence-electron chi connectivity index (χ1n) is 6.87. The minimum absolute atomic E-state index is 0.0776. The van der Waals surface area contributed by atoms with E-state index in [9.17, 15) is 14.4 Å². The lowest BCUT2D eigenvalue weighted by Crippen LogP contribution is -2.54. The van der Waals surface area contributed by atoms with Crippen molar-refractivity contribution in [2.24, 2.45) is 11.7 Å². The highest BCUT2D eigenvalue weighted by atomic mass is 16.5. The van der Waals surface area contributed by atoms with E-state index in [0.717, 1.165) is 0 Å². The Morgan fingerprint density at radius 2 is 1.85 bits per heavy atom. The van der Waals surface area contributed by atoms with Crippen molar-refractivity contribution in [1.29, 1.82) is 0 Å². The van der Waals surface area contributed by atoms with Crippen LogP contribution in [0.2, 0.25) is 0 Å². The highest BCUT2D eigenvalue weighted by Crippen LogP contribution is 2.11. The van der Waals surface area contributed by atoms with E-state index in [1.807, 2.05) is 13.8 Å². The van der Waals surface area contributed by atoms with Crippen molar-refractivity contribution in [3.63, 3.8) is 0 Å². The summed E-state index contributed by atoms with van der Waals surface area (Å²) in [6.45, 7) is 7.70. The molecule has 3 amide bonds. The Bertz CT molecular complexity index is 347. The maximum atomic E-state index is 12.4. The van der Waals surface area contributed by atoms with E-state index in [4.69, 9.17) is 10.5 Å². The monoisotopic (exact) mass is 287 g/mol. The molecule has 7 heteroatoms. The molecule has 0 saturated carbocycles. The number of urea groups is 1. The molecule has 0 aromatic heterocycles. The third-order valence-electron chi connectivity index (χ3n) is 3.10. The standard InChI is InChI=1S/C13H25N3O4/c1-5-9(4)11(15-13(14)19)12(18)16(6-2)8-10(17)20-7-3/h9,11H,5-8H2,1-4H3,(H3,14,15,19). The Labute approximate surface area is 119 Å². The molecule has 0 radical (unpaired) electrons. The maximum absolute atomic E-state index is 12.4. The Hall–Kier alpha value is -1.79. The smallest absolute Gasteiger partial charge is 0.325 e. The van der Waals surface area contributed by atoms with Gasteiger partial charge >= 0.3 is 12.0 Å². The molecule has 0 bridgehead atoms. The summed E-state index contributed by atoms with van der Waals surface area (Å²) in [5, 5.41) is 2.45. The molecular weight excluding hydrogens is 262 g/mol. The zero-order valence-electron chi connectivity index (χ0n) is 12.6. The van der Waals surface area contributed by atoms with Crippen molar-refractivity contribution in [2.45, 2.75) is 40.2 Å². The van der Waals surface area contributed by atoms with E-state index in [0.29, 0.717) is 13.0 Å². The lowest BCUT2D eigenvalue weighted by atomic mass is 9.98. The zero-order chi connectivity index (χ0) is 15.7. The van der Waals surface area contributed by atoms with E-state index in [2.05, 4.69) is 5.32 Å². The minimum Gasteiger partial charge on any atom is -0.465 e. The van der Waals surface area contributed by atoms with Gasteiger partial charge < -0.3 is 20.7 Å². The van der Waals surface area contributed by atoms with Gasteiger partial charge in [-0.05, 0) is 19.8 Å². The molecule has 2 unspecified atom stereocenters. The number of carbonyl (C=O) groups is 3. The average Bonchev–Trinajstić information content (AvgIpc) is 2.40. The van der Waals surface area contributed by atoms with E-state index in [1.165, 1.54) is 4.90 Å². The molecule has 0 aromatic carbocycles. The Morgan fingerprint density at radius 3 is 2.25 bits per heavy atom. The summed E-state index contributed by atoms with van der Waals surface area (Å²) in [6, 6.07) is -1.48. The normalized spacial score (nSPS) is 13.2. The maximum Gasteiger partial charge on any atom is 0.325 e. The zero-order valence-corrected chi connectivity index (χ0v) is 12.6. The van der Waals surface area contributed by atoms with Gasteiger partial charge in [-0.1, -0.05) is 20.3 Å². The fourth-order valence-corrected chi connectivity index (χ4v) is 1.74. The molecule has 20 heavy (non-hydrogen) atoms. The van der Waals surface area contributed by atoms with Gasteiger partial charge in [-0.25, -0.2) is 4.79 Å². The molecule has 3 N–H and O–H groups in total. The number of rotatable bonds is 8. The van der Waals surface area contributed by atoms with Crippen molar-refractivity contribution in [2.75, 3.05) is 19.7 Å². The number of carbonyl (C=O) groups excluding carboxylic acids is 3. The number of nitrogens with one attached hydrogen (secondary N) is 1. The topological polar surface area (TPSA) is 102 Å². The predicted molar refractivity (Wildman–Crippen MR) is 74.8 cm³/mol. The second kappa shape index (κ2) is 9.17. The number of amides is 3. The molecule has 0 saturated heterocycles. The van der Waals surface area contributed by atoms with Crippen molar-refractivity contribution < 1.29 is 19.1 Å². The van der Waals surface area contributed by atoms with Gasteiger partial charge in [-0.2, -0.15) is 0 Å². The van der Waals surface area contributed by atoms with Crippen LogP contribution in [0, 0.1) is 5.92 Å². The summed E-state index contributed by atoms with van der Waals surface area (Å²) in [4.78, 5) is 36.2. The fourth-order valence-electron chi connectivity index (χ4n) is 1.74. The van der Waals surface area contributed by atoms with Crippen LogP contribution in [0.1, 0.15) is 34.1 Å². The van der Waals surface area contributed by atoms with E-state index < -0.39 is 18.0 Å². The Morgan fingerprint density at radius 1 is 1.25 bits per heavy atom. The van der Waals surface area contributed by atoms with E-state index >= 15 is 0 Å². The number of nitrogens with two attached hydrogens (primary N) is 1. The Kier molecular flexibility index (Phi) is 8.35. The first kappa shape index (κ1) is 18.2. The molecule has 0 aliphatic rings. The predicted octanol–water partition coefficient (Wildman–Crippen LogP) is 0.481. The number of likely N-dealkylation sites (N-methyl/N-ethyl adjacent to an activating group) is 1. The first-order valence-corrected chi connectivity index (χ1v) is 6.87. The second-order valence-electron chi connectivity index (χ2n) is 4.53. The minimum atomic E-state index is -0.754. The number of nitrogens with zero attached hydrogens (tertiary/aromatic N) is 1. The van der Waals surface area contributed by atoms with Crippen LogP contribution in [0.3, 0.4) is 0 Å². The van der Waals surface area contributed by atoms with Crippen LogP contribution >= 0.6 is 0 Å². The van der Waals surface area contributed by atoms with Gasteiger partial charge in [0.1, 0.15) is 12.6 Å². The van der Waals surface area contributed by atoms with Crippen LogP contribution in [0.15, 0.2) is 0 Å². The van der Waals surface area contributed by atoms with Crippen molar-refractivity contribution in [1.82, 2.24) is 10.2 Å². The summed E-state index contributed by atoms with van der Waals surface area (Å²) in [5.74, 6) is -0.871. The number of primary amides is 1. The van der Waals surface area contributed by atoms with Gasteiger partial charge in [-0.15, -0.1) is 0 Å². The number of hydrogen-bond donors (Lipinski definition) is 2. The average molecular weight is 287 g/mol. The largest absolute Gasteiger partial charge is 0.465 e. The highest BCUT2D eigenvalue weighted by molar-refractivity contribution is 5.89. The summed E-state index contributed by atoms with van der Waals surface area (Å²) in [7, 11) is 0. The molecule has 7 nitrogen and oxygen atoms in total. The molecular formula is C13H25N3O4. The SMILES string of the molecule is CCOC(=O)CN(CC)C(=O)C(NC(N)=O)C(C)CC. The van der Waals surface area contributed by atoms with E-state index in [1.54, 1.807) is 13.8 Å². The summed E-state index contributed by atoms with van der Waals surface area (Å²) in [5.41, 5.74) is 5.10. The van der Waals surface area contributed by atoms with E-state index in [-0.39, 0.29) is 25.0 Å². The molecule has 0 heterocycles. The lowest BCUT2D eigenvalue weighted by Gasteiger charge is -2.28. The summed E-state index contributed by atoms with van der Waals surface area (Å²) < 4.78 is 4.83. The third kappa shape index (κ3) is 5.90. The highest BCUT2D eigenvalue weighted by Gasteiger charge is 2.29. The van der Waals surface area contributed by atoms with Crippen molar-refractivity contribution in [3.8, 4) is 0 Å². The van der Waals surface area contributed by atoms with Gasteiger partial charge in [0.25, 0.3) is 0 Å². The third-order valence-corrected chi connectivity index (χ3v) is 3.10. The van der Waals surface area contributed by atoms with Crippen LogP contribution in [0.4, 0.5) is 4.79 Å². The molecule has 0 fully saturated rings. The molecule has 2 atom stereocenters. The van der Waals surface area contributed by atoms with Gasteiger partial charge in [-0.3, -0.25) is 9.59 Å². The van der Waals surface area contributed by atoms with Crippen LogP contribution < -0.4 is 11.1 Å². The van der Waals surface area contributed by atoms with Gasteiger partial charge in [0.05, 0.1) is 6.61 Å². The molecule has 0 aromatic rings. The van der Waals surface area contributed by atoms with Crippen LogP contribution in [-0.2, 0) is 14.3 Å². The lowest BCUT2D eigenvalue weighted by molar-refractivity contribution is -0.149. The molecule has 116 valence electrons. The van der Waals surface area contributed by atoms with Gasteiger partial charge in [0.2, 0.25) is 5.91 Å². The molecule has 0 aliphatic heterocycles. The van der Waals surface area contributed by atoms with Crippen LogP contribution in [0.25, 0.3) is 0 Å². The molecule has 0 aliphatic carbocycles. The Balaban J connectivity index is 4.89. The number of esters is 1. The van der Waals surface area contributed by atoms with Crippen molar-refractivity contribution >= 4 is 17.9 Å². The number of hydrogen-bond acceptors (Lipinski definition) is 4. The van der Waals surface area contributed by atoms with Crippen LogP contribution in [-0.4, -0.2) is 48.5 Å². The second-order valence-corrected chi connectivity index (χ2v) is 4.53.